The molecule has 0 saturated heterocycles. The Labute approximate surface area is 101 Å². The van der Waals surface area contributed by atoms with E-state index < -0.39 is 0 Å². The first kappa shape index (κ1) is 11.6. The highest BCUT2D eigenvalue weighted by atomic mass is 16.1. The van der Waals surface area contributed by atoms with E-state index in [1.165, 1.54) is 31.7 Å². The molecule has 1 saturated carbocycles. The van der Waals surface area contributed by atoms with Crippen molar-refractivity contribution in [2.45, 2.75) is 25.7 Å². The number of carbonyl (C=O) groups excluding carboxylic acids is 1. The average Bonchev–Trinajstić information content (AvgIpc) is 2.32. The van der Waals surface area contributed by atoms with Crippen molar-refractivity contribution >= 4 is 5.91 Å². The van der Waals surface area contributed by atoms with Gasteiger partial charge in [-0.25, -0.2) is 0 Å². The molecule has 1 aliphatic rings. The summed E-state index contributed by atoms with van der Waals surface area (Å²) in [5.74, 6) is 0.646. The fraction of sp³-hybridized carbons (Fsp3) is 0.462. The molecule has 4 nitrogen and oxygen atoms in total. The quantitative estimate of drug-likeness (QED) is 0.857. The van der Waals surface area contributed by atoms with E-state index in [4.69, 9.17) is 5.26 Å². The lowest BCUT2D eigenvalue weighted by Crippen LogP contribution is -2.27. The van der Waals surface area contributed by atoms with Gasteiger partial charge in [0.15, 0.2) is 0 Å². The second kappa shape index (κ2) is 5.44. The summed E-state index contributed by atoms with van der Waals surface area (Å²) in [4.78, 5) is 15.6. The molecule has 1 aromatic heterocycles. The number of nitrogens with one attached hydrogen (secondary N) is 1. The number of rotatable bonds is 4. The number of carbonyl (C=O) groups is 1. The van der Waals surface area contributed by atoms with Crippen LogP contribution in [-0.4, -0.2) is 17.4 Å². The van der Waals surface area contributed by atoms with Crippen LogP contribution in [0, 0.1) is 17.2 Å². The SMILES string of the molecule is N#Cc1cncc(C(=O)NCCC2CCC2)c1. The molecule has 1 aliphatic carbocycles. The van der Waals surface area contributed by atoms with Crippen LogP contribution < -0.4 is 5.32 Å². The van der Waals surface area contributed by atoms with E-state index in [0.29, 0.717) is 17.7 Å². The molecule has 0 aromatic carbocycles. The maximum absolute atomic E-state index is 11.7. The number of hydrogen-bond acceptors (Lipinski definition) is 3. The van der Waals surface area contributed by atoms with Gasteiger partial charge in [0.2, 0.25) is 0 Å². The van der Waals surface area contributed by atoms with Crippen LogP contribution >= 0.6 is 0 Å². The van der Waals surface area contributed by atoms with E-state index in [1.807, 2.05) is 6.07 Å². The highest BCUT2D eigenvalue weighted by Gasteiger charge is 2.17. The lowest BCUT2D eigenvalue weighted by Gasteiger charge is -2.25. The van der Waals surface area contributed by atoms with Crippen molar-refractivity contribution in [3.05, 3.63) is 29.6 Å². The largest absolute Gasteiger partial charge is 0.352 e. The summed E-state index contributed by atoms with van der Waals surface area (Å²) in [6.07, 6.45) is 7.90. The van der Waals surface area contributed by atoms with Crippen LogP contribution in [0.25, 0.3) is 0 Å². The third kappa shape index (κ3) is 3.04. The lowest BCUT2D eigenvalue weighted by atomic mass is 9.83. The zero-order chi connectivity index (χ0) is 12.1. The molecule has 0 aliphatic heterocycles. The van der Waals surface area contributed by atoms with E-state index in [9.17, 15) is 4.79 Å². The molecule has 1 amide bonds. The molecule has 88 valence electrons. The second-order valence-electron chi connectivity index (χ2n) is 4.42. The number of aromatic nitrogens is 1. The van der Waals surface area contributed by atoms with Crippen molar-refractivity contribution in [2.24, 2.45) is 5.92 Å². The van der Waals surface area contributed by atoms with Gasteiger partial charge in [0, 0.05) is 18.9 Å². The summed E-state index contributed by atoms with van der Waals surface area (Å²) in [6, 6.07) is 3.53. The number of nitrogens with zero attached hydrogens (tertiary/aromatic N) is 2. The van der Waals surface area contributed by atoms with Crippen LogP contribution in [0.3, 0.4) is 0 Å². The number of pyridine rings is 1. The molecule has 0 bridgehead atoms. The molecule has 0 radical (unpaired) electrons. The van der Waals surface area contributed by atoms with Crippen molar-refractivity contribution in [1.82, 2.24) is 10.3 Å². The molecule has 4 heteroatoms. The van der Waals surface area contributed by atoms with Gasteiger partial charge in [0.05, 0.1) is 11.1 Å². The van der Waals surface area contributed by atoms with Gasteiger partial charge < -0.3 is 5.32 Å². The third-order valence-corrected chi connectivity index (χ3v) is 3.19. The number of amides is 1. The van der Waals surface area contributed by atoms with Gasteiger partial charge in [0.1, 0.15) is 6.07 Å². The van der Waals surface area contributed by atoms with Crippen LogP contribution in [0.2, 0.25) is 0 Å². The fourth-order valence-corrected chi connectivity index (χ4v) is 1.90. The highest BCUT2D eigenvalue weighted by molar-refractivity contribution is 5.94. The fourth-order valence-electron chi connectivity index (χ4n) is 1.90. The highest BCUT2D eigenvalue weighted by Crippen LogP contribution is 2.28. The molecule has 0 spiro atoms. The zero-order valence-electron chi connectivity index (χ0n) is 9.65. The van der Waals surface area contributed by atoms with Crippen LogP contribution in [0.5, 0.6) is 0 Å². The summed E-state index contributed by atoms with van der Waals surface area (Å²) in [5, 5.41) is 11.6. The number of nitriles is 1. The summed E-state index contributed by atoms with van der Waals surface area (Å²) >= 11 is 0. The molecular weight excluding hydrogens is 214 g/mol. The molecular formula is C13H15N3O. The number of hydrogen-bond donors (Lipinski definition) is 1. The first-order chi connectivity index (χ1) is 8.29. The van der Waals surface area contributed by atoms with E-state index in [-0.39, 0.29) is 5.91 Å². The van der Waals surface area contributed by atoms with Gasteiger partial charge in [-0.05, 0) is 18.4 Å². The standard InChI is InChI=1S/C13H15N3O/c14-7-11-6-12(9-15-8-11)13(17)16-5-4-10-2-1-3-10/h6,8-10H,1-5H2,(H,16,17). The van der Waals surface area contributed by atoms with E-state index in [0.717, 1.165) is 12.3 Å². The Hall–Kier alpha value is -1.89. The topological polar surface area (TPSA) is 65.8 Å². The predicted molar refractivity (Wildman–Crippen MR) is 63.2 cm³/mol. The lowest BCUT2D eigenvalue weighted by molar-refractivity contribution is 0.0948. The van der Waals surface area contributed by atoms with Crippen LogP contribution in [0.15, 0.2) is 18.5 Å². The van der Waals surface area contributed by atoms with Crippen LogP contribution in [0.4, 0.5) is 0 Å². The van der Waals surface area contributed by atoms with Gasteiger partial charge in [-0.3, -0.25) is 9.78 Å². The van der Waals surface area contributed by atoms with Crippen molar-refractivity contribution in [3.8, 4) is 6.07 Å². The van der Waals surface area contributed by atoms with Crippen LogP contribution in [0.1, 0.15) is 41.6 Å². The van der Waals surface area contributed by atoms with Crippen LogP contribution in [-0.2, 0) is 0 Å². The van der Waals surface area contributed by atoms with E-state index in [1.54, 1.807) is 6.07 Å². The Balaban J connectivity index is 1.83. The van der Waals surface area contributed by atoms with Gasteiger partial charge in [0.25, 0.3) is 5.91 Å². The Morgan fingerprint density at radius 3 is 3.00 bits per heavy atom. The summed E-state index contributed by atoms with van der Waals surface area (Å²) in [5.41, 5.74) is 0.870. The predicted octanol–water partition coefficient (Wildman–Crippen LogP) is 1.87. The Bertz CT molecular complexity index is 446. The van der Waals surface area contributed by atoms with Crippen molar-refractivity contribution in [2.75, 3.05) is 6.54 Å². The van der Waals surface area contributed by atoms with Crippen molar-refractivity contribution in [3.63, 3.8) is 0 Å². The molecule has 1 N–H and O–H groups in total. The molecule has 0 unspecified atom stereocenters. The summed E-state index contributed by atoms with van der Waals surface area (Å²) in [6.45, 7) is 0.709. The smallest absolute Gasteiger partial charge is 0.252 e. The summed E-state index contributed by atoms with van der Waals surface area (Å²) < 4.78 is 0. The second-order valence-corrected chi connectivity index (χ2v) is 4.42. The van der Waals surface area contributed by atoms with Gasteiger partial charge in [-0.1, -0.05) is 19.3 Å². The molecule has 0 atom stereocenters. The molecule has 17 heavy (non-hydrogen) atoms. The molecule has 2 rings (SSSR count). The minimum absolute atomic E-state index is 0.145. The van der Waals surface area contributed by atoms with Crippen molar-refractivity contribution < 1.29 is 4.79 Å². The maximum atomic E-state index is 11.7. The van der Waals surface area contributed by atoms with Gasteiger partial charge in [-0.2, -0.15) is 5.26 Å². The Kier molecular flexibility index (Phi) is 3.71. The summed E-state index contributed by atoms with van der Waals surface area (Å²) in [7, 11) is 0. The molecule has 1 heterocycles. The minimum Gasteiger partial charge on any atom is -0.352 e. The van der Waals surface area contributed by atoms with E-state index in [2.05, 4.69) is 10.3 Å². The maximum Gasteiger partial charge on any atom is 0.252 e. The Morgan fingerprint density at radius 2 is 2.35 bits per heavy atom. The minimum atomic E-state index is -0.145. The van der Waals surface area contributed by atoms with E-state index >= 15 is 0 Å². The molecule has 1 aromatic rings. The first-order valence-corrected chi connectivity index (χ1v) is 5.93. The zero-order valence-corrected chi connectivity index (χ0v) is 9.65. The Morgan fingerprint density at radius 1 is 1.53 bits per heavy atom. The van der Waals surface area contributed by atoms with Crippen molar-refractivity contribution in [1.29, 1.82) is 5.26 Å². The average molecular weight is 229 g/mol. The normalized spacial score (nSPS) is 14.8. The first-order valence-electron chi connectivity index (χ1n) is 5.93. The molecule has 1 fully saturated rings. The van der Waals surface area contributed by atoms with Gasteiger partial charge in [-0.15, -0.1) is 0 Å². The monoisotopic (exact) mass is 229 g/mol. The third-order valence-electron chi connectivity index (χ3n) is 3.19. The van der Waals surface area contributed by atoms with Gasteiger partial charge >= 0.3 is 0 Å².